The van der Waals surface area contributed by atoms with Crippen molar-refractivity contribution in [3.05, 3.63) is 57.2 Å². The molecule has 0 saturated heterocycles. The van der Waals surface area contributed by atoms with Crippen molar-refractivity contribution in [2.24, 2.45) is 5.73 Å². The number of hydrogen-bond donors (Lipinski definition) is 3. The lowest BCUT2D eigenvalue weighted by molar-refractivity contribution is -0.121. The van der Waals surface area contributed by atoms with Crippen LogP contribution in [-0.4, -0.2) is 18.5 Å². The van der Waals surface area contributed by atoms with Crippen LogP contribution in [0.2, 0.25) is 5.02 Å². The molecule has 0 fully saturated rings. The van der Waals surface area contributed by atoms with Crippen LogP contribution in [0.1, 0.15) is 22.9 Å². The van der Waals surface area contributed by atoms with Crippen molar-refractivity contribution in [2.45, 2.75) is 18.9 Å². The second-order valence-electron chi connectivity index (χ2n) is 5.01. The Balaban J connectivity index is 1.82. The van der Waals surface area contributed by atoms with E-state index in [9.17, 15) is 9.59 Å². The van der Waals surface area contributed by atoms with E-state index < -0.39 is 12.1 Å². The van der Waals surface area contributed by atoms with Crippen LogP contribution >= 0.6 is 22.9 Å². The van der Waals surface area contributed by atoms with Crippen molar-refractivity contribution in [3.8, 4) is 0 Å². The highest BCUT2D eigenvalue weighted by Gasteiger charge is 2.18. The summed E-state index contributed by atoms with van der Waals surface area (Å²) in [6.45, 7) is 0.522. The number of carbonyl (C=O) groups excluding carboxylic acids is 2. The summed E-state index contributed by atoms with van der Waals surface area (Å²) in [4.78, 5) is 24.0. The molecule has 0 radical (unpaired) electrons. The van der Waals surface area contributed by atoms with Crippen LogP contribution in [0.5, 0.6) is 0 Å². The van der Waals surface area contributed by atoms with Gasteiger partial charge in [-0.25, -0.2) is 4.79 Å². The van der Waals surface area contributed by atoms with Crippen LogP contribution in [0.25, 0.3) is 0 Å². The Kier molecular flexibility index (Phi) is 6.43. The highest BCUT2D eigenvalue weighted by molar-refractivity contribution is 7.10. The van der Waals surface area contributed by atoms with Gasteiger partial charge in [-0.05, 0) is 35.6 Å². The molecule has 2 rings (SSSR count). The Bertz CT molecular complexity index is 644. The first-order chi connectivity index (χ1) is 11.0. The minimum Gasteiger partial charge on any atom is -0.356 e. The van der Waals surface area contributed by atoms with E-state index in [1.165, 1.54) is 11.3 Å². The first-order valence-electron chi connectivity index (χ1n) is 7.15. The number of rotatable bonds is 7. The summed E-state index contributed by atoms with van der Waals surface area (Å²) in [5, 5.41) is 8.03. The number of nitrogens with two attached hydrogens (primary N) is 1. The van der Waals surface area contributed by atoms with E-state index in [0.29, 0.717) is 11.6 Å². The van der Waals surface area contributed by atoms with Crippen LogP contribution in [0, 0.1) is 0 Å². The lowest BCUT2D eigenvalue weighted by atomic mass is 10.1. The number of primary amides is 1. The van der Waals surface area contributed by atoms with Gasteiger partial charge in [-0.15, -0.1) is 11.3 Å². The lowest BCUT2D eigenvalue weighted by Crippen LogP contribution is -2.36. The number of hydrogen-bond acceptors (Lipinski definition) is 3. The SMILES string of the molecule is NC(=O)NC(CC(=O)NCCc1ccc(Cl)cc1)c1cccs1. The van der Waals surface area contributed by atoms with E-state index >= 15 is 0 Å². The summed E-state index contributed by atoms with van der Waals surface area (Å²) < 4.78 is 0. The number of halogens is 1. The van der Waals surface area contributed by atoms with E-state index in [2.05, 4.69) is 10.6 Å². The predicted molar refractivity (Wildman–Crippen MR) is 92.6 cm³/mol. The predicted octanol–water partition coefficient (Wildman–Crippen LogP) is 2.86. The third kappa shape index (κ3) is 5.92. The Morgan fingerprint density at radius 1 is 1.22 bits per heavy atom. The standard InChI is InChI=1S/C16H18ClN3O2S/c17-12-5-3-11(4-6-12)7-8-19-15(21)10-13(20-16(18)22)14-2-1-9-23-14/h1-6,9,13H,7-8,10H2,(H,19,21)(H3,18,20,22). The number of nitrogens with one attached hydrogen (secondary N) is 2. The molecule has 4 N–H and O–H groups in total. The Morgan fingerprint density at radius 3 is 2.57 bits per heavy atom. The Morgan fingerprint density at radius 2 is 1.96 bits per heavy atom. The van der Waals surface area contributed by atoms with Crippen molar-refractivity contribution >= 4 is 34.9 Å². The zero-order valence-electron chi connectivity index (χ0n) is 12.4. The second-order valence-corrected chi connectivity index (χ2v) is 6.42. The van der Waals surface area contributed by atoms with Gasteiger partial charge in [-0.1, -0.05) is 29.8 Å². The molecule has 0 aliphatic heterocycles. The van der Waals surface area contributed by atoms with Crippen molar-refractivity contribution in [1.82, 2.24) is 10.6 Å². The number of amides is 3. The quantitative estimate of drug-likeness (QED) is 0.716. The van der Waals surface area contributed by atoms with Gasteiger partial charge in [0.2, 0.25) is 5.91 Å². The summed E-state index contributed by atoms with van der Waals surface area (Å²) in [6.07, 6.45) is 0.875. The van der Waals surface area contributed by atoms with E-state index in [-0.39, 0.29) is 12.3 Å². The number of thiophene rings is 1. The minimum atomic E-state index is -0.641. The average Bonchev–Trinajstić information content (AvgIpc) is 3.02. The molecule has 0 bridgehead atoms. The monoisotopic (exact) mass is 351 g/mol. The first kappa shape index (κ1) is 17.3. The molecule has 1 heterocycles. The average molecular weight is 352 g/mol. The van der Waals surface area contributed by atoms with Gasteiger partial charge in [-0.3, -0.25) is 4.79 Å². The molecular formula is C16H18ClN3O2S. The van der Waals surface area contributed by atoms with E-state index in [0.717, 1.165) is 16.9 Å². The molecule has 1 aromatic carbocycles. The van der Waals surface area contributed by atoms with Crippen molar-refractivity contribution < 1.29 is 9.59 Å². The molecule has 5 nitrogen and oxygen atoms in total. The molecule has 1 aromatic heterocycles. The maximum atomic E-state index is 12.1. The molecule has 0 saturated carbocycles. The normalized spacial score (nSPS) is 11.7. The topological polar surface area (TPSA) is 84.2 Å². The highest BCUT2D eigenvalue weighted by Crippen LogP contribution is 2.21. The number of carbonyl (C=O) groups is 2. The van der Waals surface area contributed by atoms with Crippen LogP contribution in [0.3, 0.4) is 0 Å². The number of benzene rings is 1. The maximum Gasteiger partial charge on any atom is 0.312 e. The second kappa shape index (κ2) is 8.55. The fraction of sp³-hybridized carbons (Fsp3) is 0.250. The summed E-state index contributed by atoms with van der Waals surface area (Å²) in [5.74, 6) is -0.133. The molecular weight excluding hydrogens is 334 g/mol. The fourth-order valence-electron chi connectivity index (χ4n) is 2.14. The largest absolute Gasteiger partial charge is 0.356 e. The van der Waals surface area contributed by atoms with Crippen LogP contribution in [0.15, 0.2) is 41.8 Å². The van der Waals surface area contributed by atoms with Gasteiger partial charge in [0.25, 0.3) is 0 Å². The van der Waals surface area contributed by atoms with Crippen molar-refractivity contribution in [1.29, 1.82) is 0 Å². The smallest absolute Gasteiger partial charge is 0.312 e. The van der Waals surface area contributed by atoms with Gasteiger partial charge in [0.15, 0.2) is 0 Å². The fourth-order valence-corrected chi connectivity index (χ4v) is 3.04. The Labute approximate surface area is 143 Å². The third-order valence-electron chi connectivity index (χ3n) is 3.24. The van der Waals surface area contributed by atoms with E-state index in [4.69, 9.17) is 17.3 Å². The van der Waals surface area contributed by atoms with Gasteiger partial charge in [0, 0.05) is 16.4 Å². The molecule has 122 valence electrons. The van der Waals surface area contributed by atoms with Gasteiger partial charge in [0.1, 0.15) is 0 Å². The molecule has 7 heteroatoms. The summed E-state index contributed by atoms with van der Waals surface area (Å²) >= 11 is 7.30. The minimum absolute atomic E-state index is 0.133. The maximum absolute atomic E-state index is 12.1. The molecule has 1 atom stereocenters. The summed E-state index contributed by atoms with van der Waals surface area (Å²) in [5.41, 5.74) is 6.27. The van der Waals surface area contributed by atoms with Crippen LogP contribution in [0.4, 0.5) is 4.79 Å². The van der Waals surface area contributed by atoms with Crippen LogP contribution < -0.4 is 16.4 Å². The lowest BCUT2D eigenvalue weighted by Gasteiger charge is -2.15. The van der Waals surface area contributed by atoms with Gasteiger partial charge in [0.05, 0.1) is 12.5 Å². The molecule has 1 unspecified atom stereocenters. The van der Waals surface area contributed by atoms with E-state index in [1.807, 2.05) is 41.8 Å². The van der Waals surface area contributed by atoms with E-state index in [1.54, 1.807) is 0 Å². The molecule has 0 spiro atoms. The summed E-state index contributed by atoms with van der Waals surface area (Å²) in [7, 11) is 0. The molecule has 2 aromatic rings. The first-order valence-corrected chi connectivity index (χ1v) is 8.41. The van der Waals surface area contributed by atoms with Gasteiger partial charge >= 0.3 is 6.03 Å². The zero-order valence-corrected chi connectivity index (χ0v) is 14.0. The van der Waals surface area contributed by atoms with Gasteiger partial charge < -0.3 is 16.4 Å². The van der Waals surface area contributed by atoms with Crippen molar-refractivity contribution in [3.63, 3.8) is 0 Å². The zero-order chi connectivity index (χ0) is 16.7. The molecule has 3 amide bonds. The number of urea groups is 1. The molecule has 0 aliphatic carbocycles. The summed E-state index contributed by atoms with van der Waals surface area (Å²) in [6, 6.07) is 10.2. The van der Waals surface area contributed by atoms with Gasteiger partial charge in [-0.2, -0.15) is 0 Å². The molecule has 23 heavy (non-hydrogen) atoms. The van der Waals surface area contributed by atoms with Crippen LogP contribution in [-0.2, 0) is 11.2 Å². The third-order valence-corrected chi connectivity index (χ3v) is 4.48. The van der Waals surface area contributed by atoms with Crippen molar-refractivity contribution in [2.75, 3.05) is 6.54 Å². The Hall–Kier alpha value is -2.05. The molecule has 0 aliphatic rings. The highest BCUT2D eigenvalue weighted by atomic mass is 35.5.